The van der Waals surface area contributed by atoms with Crippen molar-refractivity contribution in [3.05, 3.63) is 45.5 Å². The van der Waals surface area contributed by atoms with Crippen LogP contribution in [-0.2, 0) is 11.3 Å². The van der Waals surface area contributed by atoms with Gasteiger partial charge in [0.1, 0.15) is 11.8 Å². The number of halogens is 2. The van der Waals surface area contributed by atoms with Crippen LogP contribution in [0.5, 0.6) is 0 Å². The highest BCUT2D eigenvalue weighted by molar-refractivity contribution is 9.10. The summed E-state index contributed by atoms with van der Waals surface area (Å²) in [6.07, 6.45) is 1.21. The molecule has 0 radical (unpaired) electrons. The number of hydrogen-bond acceptors (Lipinski definition) is 5. The fourth-order valence-corrected chi connectivity index (χ4v) is 2.29. The van der Waals surface area contributed by atoms with Crippen molar-refractivity contribution in [3.63, 3.8) is 0 Å². The van der Waals surface area contributed by atoms with Gasteiger partial charge >= 0.3 is 6.09 Å². The standard InChI is InChI=1S/C13H11BrClN3O2S/c1-21-12-16-10(15)9(14)11(17-12)18-13(19)20-7-8-5-3-2-4-6-8/h2-6H,7H2,1H3,(H,16,17,18,19). The first-order valence-electron chi connectivity index (χ1n) is 5.85. The molecule has 1 heterocycles. The molecule has 1 aromatic heterocycles. The first-order valence-corrected chi connectivity index (χ1v) is 8.24. The summed E-state index contributed by atoms with van der Waals surface area (Å²) in [4.78, 5) is 20.0. The monoisotopic (exact) mass is 387 g/mol. The Morgan fingerprint density at radius 2 is 2.10 bits per heavy atom. The lowest BCUT2D eigenvalue weighted by atomic mass is 10.2. The molecule has 110 valence electrons. The molecule has 0 unspecified atom stereocenters. The summed E-state index contributed by atoms with van der Waals surface area (Å²) in [6, 6.07) is 9.39. The summed E-state index contributed by atoms with van der Waals surface area (Å²) in [5.74, 6) is 0.275. The zero-order valence-electron chi connectivity index (χ0n) is 11.0. The molecule has 0 atom stereocenters. The molecule has 0 aliphatic rings. The maximum Gasteiger partial charge on any atom is 0.413 e. The molecule has 0 bridgehead atoms. The van der Waals surface area contributed by atoms with Crippen molar-refractivity contribution in [1.29, 1.82) is 0 Å². The van der Waals surface area contributed by atoms with Gasteiger partial charge in [0, 0.05) is 0 Å². The Kier molecular flexibility index (Phi) is 5.84. The topological polar surface area (TPSA) is 64.1 Å². The minimum Gasteiger partial charge on any atom is -0.444 e. The molecule has 0 aliphatic carbocycles. The maximum absolute atomic E-state index is 11.8. The number of thioether (sulfide) groups is 1. The molecule has 1 N–H and O–H groups in total. The number of carbonyl (C=O) groups excluding carboxylic acids is 1. The van der Waals surface area contributed by atoms with E-state index in [1.807, 2.05) is 36.6 Å². The summed E-state index contributed by atoms with van der Waals surface area (Å²) in [5.41, 5.74) is 0.900. The van der Waals surface area contributed by atoms with Crippen LogP contribution in [-0.4, -0.2) is 22.3 Å². The van der Waals surface area contributed by atoms with E-state index in [0.717, 1.165) is 5.56 Å². The number of aromatic nitrogens is 2. The molecule has 1 amide bonds. The second-order valence-corrected chi connectivity index (χ2v) is 5.77. The van der Waals surface area contributed by atoms with Crippen LogP contribution in [0.2, 0.25) is 5.15 Å². The number of nitrogens with one attached hydrogen (secondary N) is 1. The Bertz CT molecular complexity index is 643. The van der Waals surface area contributed by atoms with E-state index in [-0.39, 0.29) is 17.6 Å². The van der Waals surface area contributed by atoms with Gasteiger partial charge in [0.25, 0.3) is 0 Å². The summed E-state index contributed by atoms with van der Waals surface area (Å²) >= 11 is 10.5. The Labute approximate surface area is 139 Å². The van der Waals surface area contributed by atoms with Crippen molar-refractivity contribution in [2.75, 3.05) is 11.6 Å². The zero-order valence-corrected chi connectivity index (χ0v) is 14.1. The highest BCUT2D eigenvalue weighted by atomic mass is 79.9. The van der Waals surface area contributed by atoms with E-state index in [9.17, 15) is 4.79 Å². The van der Waals surface area contributed by atoms with Crippen molar-refractivity contribution in [3.8, 4) is 0 Å². The smallest absolute Gasteiger partial charge is 0.413 e. The van der Waals surface area contributed by atoms with Crippen LogP contribution >= 0.6 is 39.3 Å². The van der Waals surface area contributed by atoms with Crippen molar-refractivity contribution in [1.82, 2.24) is 9.97 Å². The predicted octanol–water partition coefficient (Wildman–Crippen LogP) is 4.36. The molecule has 0 spiro atoms. The number of hydrogen-bond donors (Lipinski definition) is 1. The molecule has 2 aromatic rings. The van der Waals surface area contributed by atoms with Crippen LogP contribution in [0.4, 0.5) is 10.6 Å². The van der Waals surface area contributed by atoms with Crippen molar-refractivity contribution in [2.24, 2.45) is 0 Å². The highest BCUT2D eigenvalue weighted by Crippen LogP contribution is 2.29. The number of anilines is 1. The number of amides is 1. The molecular formula is C13H11BrClN3O2S. The van der Waals surface area contributed by atoms with E-state index in [0.29, 0.717) is 9.63 Å². The van der Waals surface area contributed by atoms with E-state index in [1.165, 1.54) is 11.8 Å². The molecule has 1 aromatic carbocycles. The average Bonchev–Trinajstić information content (AvgIpc) is 2.50. The quantitative estimate of drug-likeness (QED) is 0.479. The largest absolute Gasteiger partial charge is 0.444 e. The molecular weight excluding hydrogens is 378 g/mol. The van der Waals surface area contributed by atoms with E-state index in [4.69, 9.17) is 16.3 Å². The minimum absolute atomic E-state index is 0.179. The van der Waals surface area contributed by atoms with Gasteiger partial charge in [-0.3, -0.25) is 5.32 Å². The summed E-state index contributed by atoms with van der Waals surface area (Å²) in [5, 5.41) is 3.23. The Hall–Kier alpha value is -1.31. The Balaban J connectivity index is 2.01. The third kappa shape index (κ3) is 4.59. The van der Waals surface area contributed by atoms with Crippen LogP contribution in [0.1, 0.15) is 5.56 Å². The van der Waals surface area contributed by atoms with Crippen LogP contribution in [0.15, 0.2) is 40.0 Å². The molecule has 0 fully saturated rings. The predicted molar refractivity (Wildman–Crippen MR) is 86.8 cm³/mol. The van der Waals surface area contributed by atoms with Gasteiger partial charge < -0.3 is 4.74 Å². The van der Waals surface area contributed by atoms with E-state index in [2.05, 4.69) is 31.2 Å². The lowest BCUT2D eigenvalue weighted by Gasteiger charge is -2.09. The Morgan fingerprint density at radius 3 is 2.76 bits per heavy atom. The number of benzene rings is 1. The van der Waals surface area contributed by atoms with Gasteiger partial charge in [0.2, 0.25) is 0 Å². The van der Waals surface area contributed by atoms with Gasteiger partial charge in [0.15, 0.2) is 11.0 Å². The molecule has 0 saturated heterocycles. The van der Waals surface area contributed by atoms with Crippen LogP contribution in [0.25, 0.3) is 0 Å². The van der Waals surface area contributed by atoms with E-state index < -0.39 is 6.09 Å². The summed E-state index contributed by atoms with van der Waals surface area (Å²) in [6.45, 7) is 0.179. The fraction of sp³-hybridized carbons (Fsp3) is 0.154. The molecule has 5 nitrogen and oxygen atoms in total. The fourth-order valence-electron chi connectivity index (χ4n) is 1.43. The zero-order chi connectivity index (χ0) is 15.2. The normalized spacial score (nSPS) is 10.2. The third-order valence-corrected chi connectivity index (χ3v) is 4.21. The van der Waals surface area contributed by atoms with Gasteiger partial charge in [-0.15, -0.1) is 0 Å². The third-order valence-electron chi connectivity index (χ3n) is 2.41. The Morgan fingerprint density at radius 1 is 1.38 bits per heavy atom. The molecule has 0 saturated carbocycles. The van der Waals surface area contributed by atoms with Crippen molar-refractivity contribution in [2.45, 2.75) is 11.8 Å². The van der Waals surface area contributed by atoms with Crippen molar-refractivity contribution >= 4 is 51.2 Å². The lowest BCUT2D eigenvalue weighted by molar-refractivity contribution is 0.155. The van der Waals surface area contributed by atoms with E-state index in [1.54, 1.807) is 0 Å². The highest BCUT2D eigenvalue weighted by Gasteiger charge is 2.14. The SMILES string of the molecule is CSc1nc(Cl)c(Br)c(NC(=O)OCc2ccccc2)n1. The number of ether oxygens (including phenoxy) is 1. The van der Waals surface area contributed by atoms with Gasteiger partial charge in [-0.25, -0.2) is 14.8 Å². The van der Waals surface area contributed by atoms with Gasteiger partial charge in [-0.1, -0.05) is 53.7 Å². The minimum atomic E-state index is -0.610. The summed E-state index contributed by atoms with van der Waals surface area (Å²) in [7, 11) is 0. The van der Waals surface area contributed by atoms with Crippen molar-refractivity contribution < 1.29 is 9.53 Å². The maximum atomic E-state index is 11.8. The second kappa shape index (κ2) is 7.63. The first kappa shape index (κ1) is 16.1. The second-order valence-electron chi connectivity index (χ2n) is 3.85. The molecule has 21 heavy (non-hydrogen) atoms. The van der Waals surface area contributed by atoms with Gasteiger partial charge in [-0.05, 0) is 27.7 Å². The number of rotatable bonds is 4. The van der Waals surface area contributed by atoms with Gasteiger partial charge in [0.05, 0.1) is 4.47 Å². The van der Waals surface area contributed by atoms with Crippen LogP contribution in [0.3, 0.4) is 0 Å². The summed E-state index contributed by atoms with van der Waals surface area (Å²) < 4.78 is 5.53. The number of carbonyl (C=O) groups is 1. The van der Waals surface area contributed by atoms with Crippen LogP contribution in [0, 0.1) is 0 Å². The first-order chi connectivity index (χ1) is 10.1. The van der Waals surface area contributed by atoms with E-state index >= 15 is 0 Å². The molecule has 2 rings (SSSR count). The molecule has 8 heteroatoms. The average molecular weight is 389 g/mol. The number of nitrogens with zero attached hydrogens (tertiary/aromatic N) is 2. The van der Waals surface area contributed by atoms with Gasteiger partial charge in [-0.2, -0.15) is 0 Å². The lowest BCUT2D eigenvalue weighted by Crippen LogP contribution is -2.15. The van der Waals surface area contributed by atoms with Crippen LogP contribution < -0.4 is 5.32 Å². The molecule has 0 aliphatic heterocycles.